The van der Waals surface area contributed by atoms with Gasteiger partial charge >= 0.3 is 0 Å². The van der Waals surface area contributed by atoms with Crippen molar-refractivity contribution in [2.75, 3.05) is 0 Å². The van der Waals surface area contributed by atoms with Crippen LogP contribution in [0.4, 0.5) is 4.39 Å². The molecule has 0 radical (unpaired) electrons. The predicted octanol–water partition coefficient (Wildman–Crippen LogP) is 4.12. The fourth-order valence-electron chi connectivity index (χ4n) is 1.97. The lowest BCUT2D eigenvalue weighted by molar-refractivity contribution is 0.475. The first-order valence-corrected chi connectivity index (χ1v) is 5.56. The molecule has 0 amide bonds. The number of phenols is 1. The van der Waals surface area contributed by atoms with Crippen LogP contribution in [0.25, 0.3) is 11.1 Å². The molecule has 0 fully saturated rings. The van der Waals surface area contributed by atoms with E-state index in [4.69, 9.17) is 0 Å². The average Bonchev–Trinajstić information content (AvgIpc) is 2.27. The van der Waals surface area contributed by atoms with Crippen molar-refractivity contribution in [3.8, 4) is 16.9 Å². The maximum absolute atomic E-state index is 13.2. The summed E-state index contributed by atoms with van der Waals surface area (Å²) in [6, 6.07) is 8.05. The highest BCUT2D eigenvalue weighted by molar-refractivity contribution is 5.74. The zero-order valence-electron chi connectivity index (χ0n) is 10.2. The normalized spacial score (nSPS) is 10.6. The number of halogens is 1. The van der Waals surface area contributed by atoms with Gasteiger partial charge in [0.05, 0.1) is 0 Å². The second kappa shape index (κ2) is 4.21. The molecule has 2 heteroatoms. The largest absolute Gasteiger partial charge is 0.507 e. The number of aryl methyl sites for hydroxylation is 3. The van der Waals surface area contributed by atoms with Crippen molar-refractivity contribution in [3.63, 3.8) is 0 Å². The summed E-state index contributed by atoms with van der Waals surface area (Å²) in [5.74, 6) is -0.229. The smallest absolute Gasteiger partial charge is 0.124 e. The van der Waals surface area contributed by atoms with E-state index in [0.29, 0.717) is 5.56 Å². The molecule has 2 aromatic rings. The van der Waals surface area contributed by atoms with Crippen molar-refractivity contribution in [2.45, 2.75) is 20.8 Å². The molecule has 0 heterocycles. The Morgan fingerprint density at radius 3 is 2.18 bits per heavy atom. The third kappa shape index (κ3) is 2.16. The van der Waals surface area contributed by atoms with E-state index in [1.165, 1.54) is 23.8 Å². The predicted molar refractivity (Wildman–Crippen MR) is 67.7 cm³/mol. The number of hydrogen-bond acceptors (Lipinski definition) is 1. The molecule has 88 valence electrons. The zero-order chi connectivity index (χ0) is 12.6. The summed E-state index contributed by atoms with van der Waals surface area (Å²) in [4.78, 5) is 0. The summed E-state index contributed by atoms with van der Waals surface area (Å²) in [5.41, 5.74) is 4.79. The van der Waals surface area contributed by atoms with Crippen LogP contribution in [0.2, 0.25) is 0 Å². The number of hydrogen-bond donors (Lipinski definition) is 1. The third-order valence-electron chi connectivity index (χ3n) is 3.09. The van der Waals surface area contributed by atoms with E-state index in [2.05, 4.69) is 6.07 Å². The monoisotopic (exact) mass is 230 g/mol. The molecule has 0 saturated heterocycles. The van der Waals surface area contributed by atoms with Crippen LogP contribution in [-0.4, -0.2) is 5.11 Å². The first-order chi connectivity index (χ1) is 7.99. The van der Waals surface area contributed by atoms with Gasteiger partial charge in [0, 0.05) is 5.56 Å². The van der Waals surface area contributed by atoms with Gasteiger partial charge in [-0.25, -0.2) is 4.39 Å². The quantitative estimate of drug-likeness (QED) is 0.781. The molecular formula is C15H15FO. The summed E-state index contributed by atoms with van der Waals surface area (Å²) in [7, 11) is 0. The molecule has 0 aliphatic carbocycles. The van der Waals surface area contributed by atoms with Gasteiger partial charge in [-0.05, 0) is 61.2 Å². The molecule has 0 aromatic heterocycles. The van der Waals surface area contributed by atoms with Crippen LogP contribution < -0.4 is 0 Å². The average molecular weight is 230 g/mol. The van der Waals surface area contributed by atoms with Gasteiger partial charge in [-0.2, -0.15) is 0 Å². The highest BCUT2D eigenvalue weighted by atomic mass is 19.1. The fraction of sp³-hybridized carbons (Fsp3) is 0.200. The molecule has 2 rings (SSSR count). The molecule has 0 aliphatic heterocycles. The molecule has 2 aromatic carbocycles. The second-order valence-electron chi connectivity index (χ2n) is 4.41. The molecule has 0 unspecified atom stereocenters. The van der Waals surface area contributed by atoms with Crippen LogP contribution >= 0.6 is 0 Å². The first kappa shape index (κ1) is 11.6. The summed E-state index contributed by atoms with van der Waals surface area (Å²) in [6.45, 7) is 6.01. The van der Waals surface area contributed by atoms with Crippen molar-refractivity contribution in [2.24, 2.45) is 0 Å². The Hall–Kier alpha value is -1.83. The molecule has 0 spiro atoms. The minimum atomic E-state index is -0.338. The third-order valence-corrected chi connectivity index (χ3v) is 3.09. The van der Waals surface area contributed by atoms with Crippen LogP contribution in [0, 0.1) is 26.6 Å². The molecule has 0 bridgehead atoms. The molecule has 1 N–H and O–H groups in total. The summed E-state index contributed by atoms with van der Waals surface area (Å²) in [5, 5.41) is 9.81. The zero-order valence-corrected chi connectivity index (χ0v) is 10.2. The Kier molecular flexibility index (Phi) is 2.88. The molecule has 1 nitrogen and oxygen atoms in total. The van der Waals surface area contributed by atoms with Crippen LogP contribution in [0.3, 0.4) is 0 Å². The van der Waals surface area contributed by atoms with E-state index in [1.807, 2.05) is 26.8 Å². The van der Waals surface area contributed by atoms with Gasteiger partial charge in [0.1, 0.15) is 11.6 Å². The van der Waals surface area contributed by atoms with Gasteiger partial charge in [0.2, 0.25) is 0 Å². The lowest BCUT2D eigenvalue weighted by Crippen LogP contribution is -1.90. The van der Waals surface area contributed by atoms with E-state index in [0.717, 1.165) is 16.7 Å². The van der Waals surface area contributed by atoms with Crippen LogP contribution in [0.1, 0.15) is 16.7 Å². The number of benzene rings is 2. The number of phenolic OH excluding ortho intramolecular Hbond substituents is 1. The highest BCUT2D eigenvalue weighted by Gasteiger charge is 2.09. The summed E-state index contributed by atoms with van der Waals surface area (Å²) >= 11 is 0. The van der Waals surface area contributed by atoms with Crippen molar-refractivity contribution in [1.82, 2.24) is 0 Å². The SMILES string of the molecule is Cc1cc(C)c(-c2cc(F)ccc2O)cc1C. The van der Waals surface area contributed by atoms with Crippen LogP contribution in [0.5, 0.6) is 5.75 Å². The molecule has 17 heavy (non-hydrogen) atoms. The van der Waals surface area contributed by atoms with Gasteiger partial charge in [0.15, 0.2) is 0 Å². The van der Waals surface area contributed by atoms with E-state index in [9.17, 15) is 9.50 Å². The molecule has 0 atom stereocenters. The molecule has 0 saturated carbocycles. The minimum Gasteiger partial charge on any atom is -0.507 e. The van der Waals surface area contributed by atoms with Gasteiger partial charge in [-0.3, -0.25) is 0 Å². The highest BCUT2D eigenvalue weighted by Crippen LogP contribution is 2.33. The van der Waals surface area contributed by atoms with E-state index in [1.54, 1.807) is 0 Å². The van der Waals surface area contributed by atoms with Crippen molar-refractivity contribution in [3.05, 3.63) is 52.8 Å². The lowest BCUT2D eigenvalue weighted by Gasteiger charge is -2.11. The Labute approximate surface area is 101 Å². The standard InChI is InChI=1S/C15H15FO/c1-9-6-11(3)13(7-10(9)2)14-8-12(16)4-5-15(14)17/h4-8,17H,1-3H3. The van der Waals surface area contributed by atoms with Gasteiger partial charge in [-0.15, -0.1) is 0 Å². The van der Waals surface area contributed by atoms with Crippen LogP contribution in [-0.2, 0) is 0 Å². The maximum Gasteiger partial charge on any atom is 0.124 e. The van der Waals surface area contributed by atoms with E-state index < -0.39 is 0 Å². The molecule has 0 aliphatic rings. The van der Waals surface area contributed by atoms with E-state index >= 15 is 0 Å². The first-order valence-electron chi connectivity index (χ1n) is 5.56. The lowest BCUT2D eigenvalue weighted by atomic mass is 9.95. The summed E-state index contributed by atoms with van der Waals surface area (Å²) in [6.07, 6.45) is 0. The molecular weight excluding hydrogens is 215 g/mol. The Morgan fingerprint density at radius 1 is 0.824 bits per heavy atom. The fourth-order valence-corrected chi connectivity index (χ4v) is 1.97. The summed E-state index contributed by atoms with van der Waals surface area (Å²) < 4.78 is 13.2. The van der Waals surface area contributed by atoms with Gasteiger partial charge in [-0.1, -0.05) is 12.1 Å². The Bertz CT molecular complexity index is 573. The maximum atomic E-state index is 13.2. The second-order valence-corrected chi connectivity index (χ2v) is 4.41. The topological polar surface area (TPSA) is 20.2 Å². The van der Waals surface area contributed by atoms with Gasteiger partial charge in [0.25, 0.3) is 0 Å². The van der Waals surface area contributed by atoms with Crippen molar-refractivity contribution in [1.29, 1.82) is 0 Å². The van der Waals surface area contributed by atoms with Gasteiger partial charge < -0.3 is 5.11 Å². The number of rotatable bonds is 1. The Morgan fingerprint density at radius 2 is 1.47 bits per heavy atom. The van der Waals surface area contributed by atoms with Crippen molar-refractivity contribution >= 4 is 0 Å². The van der Waals surface area contributed by atoms with E-state index in [-0.39, 0.29) is 11.6 Å². The Balaban J connectivity index is 2.68. The minimum absolute atomic E-state index is 0.109. The number of aromatic hydroxyl groups is 1. The van der Waals surface area contributed by atoms with Crippen molar-refractivity contribution < 1.29 is 9.50 Å². The van der Waals surface area contributed by atoms with Crippen LogP contribution in [0.15, 0.2) is 30.3 Å².